The number of nitrogens with zero attached hydrogens (tertiary/aromatic N) is 2. The average molecular weight is 267 g/mol. The van der Waals surface area contributed by atoms with Crippen LogP contribution in [-0.4, -0.2) is 17.3 Å². The second kappa shape index (κ2) is 4.70. The molecule has 0 aliphatic rings. The van der Waals surface area contributed by atoms with E-state index in [2.05, 4.69) is 10.1 Å². The topological polar surface area (TPSA) is 74.2 Å². The van der Waals surface area contributed by atoms with Crippen LogP contribution in [0.3, 0.4) is 0 Å². The molecule has 98 valence electrons. The third-order valence-corrected chi connectivity index (χ3v) is 4.21. The fraction of sp³-hybridized carbons (Fsp3) is 0.500. The summed E-state index contributed by atoms with van der Waals surface area (Å²) in [5.41, 5.74) is 6.30. The van der Waals surface area contributed by atoms with Crippen LogP contribution in [0.4, 0.5) is 5.00 Å². The zero-order valence-corrected chi connectivity index (χ0v) is 11.8. The molecule has 2 aromatic heterocycles. The molecular weight excluding hydrogens is 250 g/mol. The number of methoxy groups -OCH3 is 1. The quantitative estimate of drug-likeness (QED) is 0.921. The molecule has 0 amide bonds. The van der Waals surface area contributed by atoms with Gasteiger partial charge in [0.25, 0.3) is 5.89 Å². The minimum absolute atomic E-state index is 0.501. The van der Waals surface area contributed by atoms with Crippen LogP contribution in [0.15, 0.2) is 10.6 Å². The lowest BCUT2D eigenvalue weighted by molar-refractivity contribution is -0.0106. The van der Waals surface area contributed by atoms with E-state index >= 15 is 0 Å². The van der Waals surface area contributed by atoms with Gasteiger partial charge in [0.15, 0.2) is 0 Å². The number of hydrogen-bond donors (Lipinski definition) is 1. The van der Waals surface area contributed by atoms with Gasteiger partial charge >= 0.3 is 0 Å². The number of aryl methyl sites for hydroxylation is 1. The zero-order valence-electron chi connectivity index (χ0n) is 11.0. The molecule has 0 saturated heterocycles. The Hall–Kier alpha value is -1.40. The van der Waals surface area contributed by atoms with Gasteiger partial charge in [-0.1, -0.05) is 12.1 Å². The minimum Gasteiger partial charge on any atom is -0.391 e. The van der Waals surface area contributed by atoms with Crippen molar-refractivity contribution in [2.24, 2.45) is 0 Å². The van der Waals surface area contributed by atoms with Gasteiger partial charge in [-0.3, -0.25) is 0 Å². The summed E-state index contributed by atoms with van der Waals surface area (Å²) in [6.45, 7) is 5.94. The highest BCUT2D eigenvalue weighted by atomic mass is 32.1. The van der Waals surface area contributed by atoms with Crippen LogP contribution in [0.5, 0.6) is 0 Å². The Morgan fingerprint density at radius 2 is 2.28 bits per heavy atom. The summed E-state index contributed by atoms with van der Waals surface area (Å²) < 4.78 is 10.8. The number of hydrogen-bond acceptors (Lipinski definition) is 6. The van der Waals surface area contributed by atoms with E-state index in [1.807, 2.05) is 26.8 Å². The predicted octanol–water partition coefficient (Wildman–Crippen LogP) is 2.96. The van der Waals surface area contributed by atoms with Gasteiger partial charge in [0.1, 0.15) is 5.60 Å². The standard InChI is InChI=1S/C12H17N3O2S/c1-5-12(3,16-4)11-14-10(17-15-11)9-7(2)6-8(13)18-9/h6H,5,13H2,1-4H3. The molecule has 6 heteroatoms. The molecule has 2 rings (SSSR count). The van der Waals surface area contributed by atoms with E-state index in [4.69, 9.17) is 15.0 Å². The monoisotopic (exact) mass is 267 g/mol. The summed E-state index contributed by atoms with van der Waals surface area (Å²) in [7, 11) is 1.65. The van der Waals surface area contributed by atoms with Crippen LogP contribution in [-0.2, 0) is 10.3 Å². The van der Waals surface area contributed by atoms with Crippen LogP contribution >= 0.6 is 11.3 Å². The smallest absolute Gasteiger partial charge is 0.268 e. The van der Waals surface area contributed by atoms with Crippen LogP contribution in [0, 0.1) is 6.92 Å². The van der Waals surface area contributed by atoms with Crippen molar-refractivity contribution in [1.29, 1.82) is 0 Å². The summed E-state index contributed by atoms with van der Waals surface area (Å²) in [6.07, 6.45) is 0.772. The maximum Gasteiger partial charge on any atom is 0.268 e. The van der Waals surface area contributed by atoms with Gasteiger partial charge in [-0.2, -0.15) is 4.98 Å². The van der Waals surface area contributed by atoms with E-state index in [0.717, 1.165) is 21.9 Å². The zero-order chi connectivity index (χ0) is 13.3. The highest BCUT2D eigenvalue weighted by Crippen LogP contribution is 2.34. The van der Waals surface area contributed by atoms with Crippen LogP contribution in [0.2, 0.25) is 0 Å². The van der Waals surface area contributed by atoms with Crippen molar-refractivity contribution in [2.45, 2.75) is 32.8 Å². The van der Waals surface area contributed by atoms with Crippen molar-refractivity contribution < 1.29 is 9.26 Å². The number of nitrogen functional groups attached to an aromatic ring is 1. The van der Waals surface area contributed by atoms with E-state index in [9.17, 15) is 0 Å². The number of nitrogens with two attached hydrogens (primary N) is 1. The van der Waals surface area contributed by atoms with Crippen LogP contribution in [0.25, 0.3) is 10.8 Å². The predicted molar refractivity (Wildman–Crippen MR) is 71.4 cm³/mol. The van der Waals surface area contributed by atoms with Crippen LogP contribution in [0.1, 0.15) is 31.7 Å². The van der Waals surface area contributed by atoms with E-state index < -0.39 is 5.60 Å². The Bertz CT molecular complexity index is 543. The largest absolute Gasteiger partial charge is 0.391 e. The molecule has 0 aromatic carbocycles. The van der Waals surface area contributed by atoms with Crippen LogP contribution < -0.4 is 5.73 Å². The first kappa shape index (κ1) is 13.0. The Morgan fingerprint density at radius 1 is 1.56 bits per heavy atom. The summed E-state index contributed by atoms with van der Waals surface area (Å²) in [5, 5.41) is 4.75. The van der Waals surface area contributed by atoms with Crippen molar-refractivity contribution in [3.63, 3.8) is 0 Å². The maximum atomic E-state index is 5.77. The first-order chi connectivity index (χ1) is 8.50. The number of anilines is 1. The SMILES string of the molecule is CCC(C)(OC)c1noc(-c2sc(N)cc2C)n1. The molecule has 0 spiro atoms. The molecular formula is C12H17N3O2S. The highest BCUT2D eigenvalue weighted by Gasteiger charge is 2.30. The molecule has 5 nitrogen and oxygen atoms in total. The Morgan fingerprint density at radius 3 is 2.78 bits per heavy atom. The van der Waals surface area contributed by atoms with Gasteiger partial charge in [0.2, 0.25) is 5.82 Å². The first-order valence-corrected chi connectivity index (χ1v) is 6.57. The molecule has 1 unspecified atom stereocenters. The van der Waals surface area contributed by atoms with E-state index in [-0.39, 0.29) is 0 Å². The Kier molecular flexibility index (Phi) is 3.41. The Labute approximate surface area is 110 Å². The fourth-order valence-electron chi connectivity index (χ4n) is 1.64. The molecule has 2 heterocycles. The normalized spacial score (nSPS) is 14.7. The van der Waals surface area contributed by atoms with Gasteiger partial charge in [-0.25, -0.2) is 0 Å². The molecule has 0 fully saturated rings. The Balaban J connectivity index is 2.39. The van der Waals surface area contributed by atoms with Crippen molar-refractivity contribution in [3.8, 4) is 10.8 Å². The summed E-state index contributed by atoms with van der Waals surface area (Å²) in [5.74, 6) is 1.06. The molecule has 1 atom stereocenters. The number of rotatable bonds is 4. The molecule has 2 N–H and O–H groups in total. The lowest BCUT2D eigenvalue weighted by Crippen LogP contribution is -2.24. The van der Waals surface area contributed by atoms with Crippen molar-refractivity contribution in [2.75, 3.05) is 12.8 Å². The minimum atomic E-state index is -0.515. The van der Waals surface area contributed by atoms with Gasteiger partial charge in [-0.05, 0) is 31.9 Å². The molecule has 0 aliphatic heterocycles. The number of thiophene rings is 1. The molecule has 18 heavy (non-hydrogen) atoms. The summed E-state index contributed by atoms with van der Waals surface area (Å²) in [4.78, 5) is 5.34. The van der Waals surface area contributed by atoms with Crippen molar-refractivity contribution >= 4 is 16.3 Å². The molecule has 0 radical (unpaired) electrons. The summed E-state index contributed by atoms with van der Waals surface area (Å²) in [6, 6.07) is 1.90. The second-order valence-electron chi connectivity index (χ2n) is 4.37. The molecule has 0 aliphatic carbocycles. The van der Waals surface area contributed by atoms with Crippen molar-refractivity contribution in [1.82, 2.24) is 10.1 Å². The molecule has 2 aromatic rings. The fourth-order valence-corrected chi connectivity index (χ4v) is 2.50. The van der Waals surface area contributed by atoms with Gasteiger partial charge in [0, 0.05) is 7.11 Å². The first-order valence-electron chi connectivity index (χ1n) is 5.75. The lowest BCUT2D eigenvalue weighted by Gasteiger charge is -2.21. The number of aromatic nitrogens is 2. The van der Waals surface area contributed by atoms with E-state index in [1.54, 1.807) is 7.11 Å². The average Bonchev–Trinajstić information content (AvgIpc) is 2.95. The second-order valence-corrected chi connectivity index (χ2v) is 5.46. The maximum absolute atomic E-state index is 5.77. The third kappa shape index (κ3) is 2.13. The highest BCUT2D eigenvalue weighted by molar-refractivity contribution is 7.19. The molecule has 0 saturated carbocycles. The van der Waals surface area contributed by atoms with E-state index in [1.165, 1.54) is 11.3 Å². The summed E-state index contributed by atoms with van der Waals surface area (Å²) >= 11 is 1.45. The lowest BCUT2D eigenvalue weighted by atomic mass is 10.0. The van der Waals surface area contributed by atoms with Crippen molar-refractivity contribution in [3.05, 3.63) is 17.5 Å². The van der Waals surface area contributed by atoms with Gasteiger partial charge in [-0.15, -0.1) is 11.3 Å². The van der Waals surface area contributed by atoms with Gasteiger partial charge < -0.3 is 15.0 Å². The third-order valence-electron chi connectivity index (χ3n) is 3.16. The molecule has 0 bridgehead atoms. The number of ether oxygens (including phenoxy) is 1. The van der Waals surface area contributed by atoms with E-state index in [0.29, 0.717) is 11.7 Å². The van der Waals surface area contributed by atoms with Gasteiger partial charge in [0.05, 0.1) is 9.88 Å².